The van der Waals surface area contributed by atoms with Crippen molar-refractivity contribution >= 4 is 22.7 Å². The van der Waals surface area contributed by atoms with Crippen LogP contribution < -0.4 is 10.1 Å². The zero-order valence-corrected chi connectivity index (χ0v) is 15.5. The highest BCUT2D eigenvalue weighted by Crippen LogP contribution is 2.35. The normalized spacial score (nSPS) is 10.8. The Kier molecular flexibility index (Phi) is 5.04. The van der Waals surface area contributed by atoms with Gasteiger partial charge in [0.15, 0.2) is 0 Å². The van der Waals surface area contributed by atoms with Crippen LogP contribution in [0.5, 0.6) is 5.75 Å². The number of nitriles is 1. The van der Waals surface area contributed by atoms with Gasteiger partial charge in [0.2, 0.25) is 0 Å². The molecule has 1 aromatic heterocycles. The summed E-state index contributed by atoms with van der Waals surface area (Å²) in [7, 11) is 0. The zero-order valence-electron chi connectivity index (χ0n) is 15.5. The van der Waals surface area contributed by atoms with Crippen LogP contribution in [0, 0.1) is 11.3 Å². The summed E-state index contributed by atoms with van der Waals surface area (Å²) in [5, 5.41) is 21.8. The molecule has 2 aromatic carbocycles. The molecular formula is C21H21N3O3. The second-order valence-electron chi connectivity index (χ2n) is 6.43. The van der Waals surface area contributed by atoms with Crippen LogP contribution in [-0.2, 0) is 6.54 Å². The molecule has 0 radical (unpaired) electrons. The number of anilines is 1. The van der Waals surface area contributed by atoms with E-state index in [1.165, 1.54) is 0 Å². The third kappa shape index (κ3) is 3.58. The van der Waals surface area contributed by atoms with Crippen molar-refractivity contribution in [2.24, 2.45) is 0 Å². The monoisotopic (exact) mass is 363 g/mol. The molecule has 0 aliphatic carbocycles. The van der Waals surface area contributed by atoms with Crippen molar-refractivity contribution < 1.29 is 14.6 Å². The number of amides is 1. The molecule has 0 bridgehead atoms. The SMILES string of the molecule is CCn1c(-c2ccc(NC(=O)O)cc2)c(C#N)c2ccc(OC(C)C)cc21. The summed E-state index contributed by atoms with van der Waals surface area (Å²) in [4.78, 5) is 10.8. The first-order valence-corrected chi connectivity index (χ1v) is 8.78. The maximum absolute atomic E-state index is 10.8. The minimum absolute atomic E-state index is 0.0664. The predicted octanol–water partition coefficient (Wildman–Crippen LogP) is 5.08. The topological polar surface area (TPSA) is 87.3 Å². The van der Waals surface area contributed by atoms with Crippen molar-refractivity contribution in [1.29, 1.82) is 5.26 Å². The number of carboxylic acid groups (broad SMARTS) is 1. The average molecular weight is 363 g/mol. The van der Waals surface area contributed by atoms with Gasteiger partial charge in [-0.3, -0.25) is 5.32 Å². The van der Waals surface area contributed by atoms with E-state index in [0.29, 0.717) is 17.8 Å². The van der Waals surface area contributed by atoms with Crippen LogP contribution in [0.2, 0.25) is 0 Å². The van der Waals surface area contributed by atoms with E-state index in [4.69, 9.17) is 9.84 Å². The van der Waals surface area contributed by atoms with Gasteiger partial charge in [-0.2, -0.15) is 5.26 Å². The number of rotatable bonds is 5. The number of benzene rings is 2. The van der Waals surface area contributed by atoms with Crippen LogP contribution in [0.25, 0.3) is 22.2 Å². The van der Waals surface area contributed by atoms with Gasteiger partial charge in [-0.1, -0.05) is 12.1 Å². The van der Waals surface area contributed by atoms with E-state index in [2.05, 4.69) is 16.0 Å². The third-order valence-electron chi connectivity index (χ3n) is 4.25. The van der Waals surface area contributed by atoms with Crippen LogP contribution in [0.3, 0.4) is 0 Å². The van der Waals surface area contributed by atoms with E-state index >= 15 is 0 Å². The fraction of sp³-hybridized carbons (Fsp3) is 0.238. The van der Waals surface area contributed by atoms with E-state index in [0.717, 1.165) is 27.9 Å². The lowest BCUT2D eigenvalue weighted by atomic mass is 10.1. The standard InChI is InChI=1S/C21H21N3O3/c1-4-24-19-11-16(27-13(2)3)9-10-17(19)18(12-22)20(24)14-5-7-15(8-6-14)23-21(25)26/h5-11,13,23H,4H2,1-3H3,(H,25,26). The summed E-state index contributed by atoms with van der Waals surface area (Å²) in [6.07, 6.45) is -1.04. The molecule has 138 valence electrons. The molecule has 3 rings (SSSR count). The van der Waals surface area contributed by atoms with Gasteiger partial charge >= 0.3 is 6.09 Å². The van der Waals surface area contributed by atoms with Gasteiger partial charge < -0.3 is 14.4 Å². The van der Waals surface area contributed by atoms with E-state index < -0.39 is 6.09 Å². The fourth-order valence-corrected chi connectivity index (χ4v) is 3.25. The molecule has 2 N–H and O–H groups in total. The van der Waals surface area contributed by atoms with Crippen LogP contribution in [-0.4, -0.2) is 21.9 Å². The Balaban J connectivity index is 2.16. The minimum Gasteiger partial charge on any atom is -0.491 e. The number of nitrogens with one attached hydrogen (secondary N) is 1. The lowest BCUT2D eigenvalue weighted by Crippen LogP contribution is -2.07. The smallest absolute Gasteiger partial charge is 0.409 e. The van der Waals surface area contributed by atoms with Gasteiger partial charge in [-0.05, 0) is 50.6 Å². The van der Waals surface area contributed by atoms with Gasteiger partial charge in [-0.25, -0.2) is 4.79 Å². The largest absolute Gasteiger partial charge is 0.491 e. The van der Waals surface area contributed by atoms with E-state index in [1.807, 2.05) is 51.1 Å². The lowest BCUT2D eigenvalue weighted by molar-refractivity contribution is 0.209. The maximum atomic E-state index is 10.8. The summed E-state index contributed by atoms with van der Waals surface area (Å²) in [6, 6.07) is 15.1. The molecule has 0 spiro atoms. The molecule has 6 heteroatoms. The molecule has 0 unspecified atom stereocenters. The van der Waals surface area contributed by atoms with Crippen LogP contribution in [0.4, 0.5) is 10.5 Å². The zero-order chi connectivity index (χ0) is 19.6. The molecule has 1 amide bonds. The molecular weight excluding hydrogens is 342 g/mol. The second-order valence-corrected chi connectivity index (χ2v) is 6.43. The van der Waals surface area contributed by atoms with E-state index in [-0.39, 0.29) is 6.10 Å². The summed E-state index contributed by atoms with van der Waals surface area (Å²) >= 11 is 0. The highest BCUT2D eigenvalue weighted by molar-refractivity contribution is 5.95. The number of nitrogens with zero attached hydrogens (tertiary/aromatic N) is 2. The van der Waals surface area contributed by atoms with Crippen molar-refractivity contribution in [3.8, 4) is 23.1 Å². The van der Waals surface area contributed by atoms with Crippen LogP contribution >= 0.6 is 0 Å². The summed E-state index contributed by atoms with van der Waals surface area (Å²) < 4.78 is 7.89. The number of aromatic nitrogens is 1. The molecule has 0 aliphatic heterocycles. The Morgan fingerprint density at radius 1 is 1.26 bits per heavy atom. The second kappa shape index (κ2) is 7.42. The highest BCUT2D eigenvalue weighted by Gasteiger charge is 2.18. The first kappa shape index (κ1) is 18.3. The van der Waals surface area contributed by atoms with E-state index in [1.54, 1.807) is 12.1 Å². The average Bonchev–Trinajstić information content (AvgIpc) is 2.94. The Hall–Kier alpha value is -3.46. The van der Waals surface area contributed by atoms with Gasteiger partial charge in [0, 0.05) is 23.7 Å². The lowest BCUT2D eigenvalue weighted by Gasteiger charge is -2.11. The minimum atomic E-state index is -1.11. The number of hydrogen-bond donors (Lipinski definition) is 2. The number of hydrogen-bond acceptors (Lipinski definition) is 3. The number of ether oxygens (including phenoxy) is 1. The van der Waals surface area contributed by atoms with Crippen molar-refractivity contribution in [3.63, 3.8) is 0 Å². The van der Waals surface area contributed by atoms with Crippen molar-refractivity contribution in [1.82, 2.24) is 4.57 Å². The molecule has 0 fully saturated rings. The molecule has 3 aromatic rings. The van der Waals surface area contributed by atoms with Crippen molar-refractivity contribution in [2.75, 3.05) is 5.32 Å². The molecule has 0 saturated heterocycles. The number of carbonyl (C=O) groups is 1. The first-order valence-electron chi connectivity index (χ1n) is 8.78. The number of fused-ring (bicyclic) bond motifs is 1. The molecule has 0 aliphatic rings. The van der Waals surface area contributed by atoms with E-state index in [9.17, 15) is 10.1 Å². The van der Waals surface area contributed by atoms with Crippen molar-refractivity contribution in [3.05, 3.63) is 48.0 Å². The Bertz CT molecular complexity index is 1030. The van der Waals surface area contributed by atoms with Gasteiger partial charge in [0.05, 0.1) is 22.9 Å². The maximum Gasteiger partial charge on any atom is 0.409 e. The van der Waals surface area contributed by atoms with Gasteiger partial charge in [0.1, 0.15) is 11.8 Å². The Morgan fingerprint density at radius 3 is 2.52 bits per heavy atom. The van der Waals surface area contributed by atoms with Crippen molar-refractivity contribution in [2.45, 2.75) is 33.4 Å². The molecule has 1 heterocycles. The summed E-state index contributed by atoms with van der Waals surface area (Å²) in [6.45, 7) is 6.66. The molecule has 27 heavy (non-hydrogen) atoms. The highest BCUT2D eigenvalue weighted by atomic mass is 16.5. The van der Waals surface area contributed by atoms with Gasteiger partial charge in [0.25, 0.3) is 0 Å². The fourth-order valence-electron chi connectivity index (χ4n) is 3.25. The number of aryl methyl sites for hydroxylation is 1. The Labute approximate surface area is 157 Å². The van der Waals surface area contributed by atoms with Crippen LogP contribution in [0.15, 0.2) is 42.5 Å². The summed E-state index contributed by atoms with van der Waals surface area (Å²) in [5.41, 5.74) is 3.69. The Morgan fingerprint density at radius 2 is 1.96 bits per heavy atom. The molecule has 6 nitrogen and oxygen atoms in total. The van der Waals surface area contributed by atoms with Gasteiger partial charge in [-0.15, -0.1) is 0 Å². The molecule has 0 saturated carbocycles. The quantitative estimate of drug-likeness (QED) is 0.662. The van der Waals surface area contributed by atoms with Crippen LogP contribution in [0.1, 0.15) is 26.3 Å². The predicted molar refractivity (Wildman–Crippen MR) is 105 cm³/mol. The third-order valence-corrected chi connectivity index (χ3v) is 4.25. The first-order chi connectivity index (χ1) is 12.9. The summed E-state index contributed by atoms with van der Waals surface area (Å²) in [5.74, 6) is 0.766. The molecule has 0 atom stereocenters.